The van der Waals surface area contributed by atoms with E-state index in [1.165, 1.54) is 25.7 Å². The van der Waals surface area contributed by atoms with Gasteiger partial charge in [-0.25, -0.2) is 0 Å². The molecule has 1 nitrogen and oxygen atoms in total. The Hall–Kier alpha value is -0.460. The lowest BCUT2D eigenvalue weighted by Gasteiger charge is -2.37. The van der Waals surface area contributed by atoms with Crippen molar-refractivity contribution in [2.75, 3.05) is 0 Å². The van der Waals surface area contributed by atoms with Crippen LogP contribution < -0.4 is 0 Å². The molecule has 1 heteroatoms. The highest BCUT2D eigenvalue weighted by molar-refractivity contribution is 4.88. The van der Waals surface area contributed by atoms with Crippen LogP contribution in [0.4, 0.5) is 0 Å². The fourth-order valence-electron chi connectivity index (χ4n) is 2.86. The Kier molecular flexibility index (Phi) is 5.53. The average Bonchev–Trinajstić information content (AvgIpc) is 2.25. The van der Waals surface area contributed by atoms with Gasteiger partial charge in [-0.1, -0.05) is 48.1 Å². The molecular formula is C18H34O. The summed E-state index contributed by atoms with van der Waals surface area (Å²) in [5.41, 5.74) is 0.824. The Balaban J connectivity index is 2.28. The molecule has 1 fully saturated rings. The van der Waals surface area contributed by atoms with Gasteiger partial charge in [0.05, 0.1) is 11.9 Å². The molecule has 1 rings (SSSR count). The summed E-state index contributed by atoms with van der Waals surface area (Å²) in [6.45, 7) is 18.0. The third-order valence-electron chi connectivity index (χ3n) is 4.39. The van der Waals surface area contributed by atoms with E-state index in [4.69, 9.17) is 4.74 Å². The van der Waals surface area contributed by atoms with E-state index in [9.17, 15) is 0 Å². The van der Waals surface area contributed by atoms with E-state index >= 15 is 0 Å². The number of ether oxygens (including phenoxy) is 1. The van der Waals surface area contributed by atoms with Crippen molar-refractivity contribution in [1.82, 2.24) is 0 Å². The molecule has 0 aliphatic heterocycles. The maximum absolute atomic E-state index is 6.05. The van der Waals surface area contributed by atoms with Crippen LogP contribution in [0.25, 0.3) is 0 Å². The maximum atomic E-state index is 6.05. The van der Waals surface area contributed by atoms with Crippen molar-refractivity contribution in [1.29, 1.82) is 0 Å². The third kappa shape index (κ3) is 6.49. The quantitative estimate of drug-likeness (QED) is 0.571. The minimum atomic E-state index is 0.371. The normalized spacial score (nSPS) is 25.2. The molecule has 0 aromatic rings. The van der Waals surface area contributed by atoms with E-state index < -0.39 is 0 Å². The van der Waals surface area contributed by atoms with Gasteiger partial charge in [0.1, 0.15) is 0 Å². The first-order valence-corrected chi connectivity index (χ1v) is 7.92. The maximum Gasteiger partial charge on any atom is 0.0982 e. The molecule has 0 amide bonds. The minimum Gasteiger partial charge on any atom is -0.495 e. The summed E-state index contributed by atoms with van der Waals surface area (Å²) in [5, 5.41) is 0. The van der Waals surface area contributed by atoms with Gasteiger partial charge < -0.3 is 4.74 Å². The van der Waals surface area contributed by atoms with Gasteiger partial charge in [0.2, 0.25) is 0 Å². The van der Waals surface area contributed by atoms with Crippen LogP contribution >= 0.6 is 0 Å². The fourth-order valence-corrected chi connectivity index (χ4v) is 2.86. The molecule has 1 aliphatic carbocycles. The monoisotopic (exact) mass is 266 g/mol. The van der Waals surface area contributed by atoms with Crippen LogP contribution in [0.5, 0.6) is 0 Å². The van der Waals surface area contributed by atoms with Crippen molar-refractivity contribution in [2.24, 2.45) is 16.7 Å². The first-order chi connectivity index (χ1) is 8.58. The molecule has 0 unspecified atom stereocenters. The Morgan fingerprint density at radius 3 is 1.95 bits per heavy atom. The molecule has 1 saturated carbocycles. The first-order valence-electron chi connectivity index (χ1n) is 7.92. The SMILES string of the molecule is C=C(CCC(C)(C)C)OC1CCC(C(C)(C)C)CC1. The number of rotatable bonds is 4. The second-order valence-electron chi connectivity index (χ2n) is 8.56. The van der Waals surface area contributed by atoms with Crippen LogP contribution in [-0.2, 0) is 4.74 Å². The predicted molar refractivity (Wildman–Crippen MR) is 84.1 cm³/mol. The van der Waals surface area contributed by atoms with Gasteiger partial charge in [-0.2, -0.15) is 0 Å². The largest absolute Gasteiger partial charge is 0.495 e. The van der Waals surface area contributed by atoms with E-state index in [0.29, 0.717) is 16.9 Å². The molecule has 0 spiro atoms. The average molecular weight is 266 g/mol. The summed E-state index contributed by atoms with van der Waals surface area (Å²) < 4.78 is 6.05. The topological polar surface area (TPSA) is 9.23 Å². The zero-order chi connectivity index (χ0) is 14.7. The molecule has 112 valence electrons. The van der Waals surface area contributed by atoms with Crippen molar-refractivity contribution in [3.8, 4) is 0 Å². The van der Waals surface area contributed by atoms with Crippen LogP contribution in [0.15, 0.2) is 12.3 Å². The molecule has 0 heterocycles. The van der Waals surface area contributed by atoms with Gasteiger partial charge in [0, 0.05) is 6.42 Å². The molecule has 0 aromatic heterocycles. The van der Waals surface area contributed by atoms with E-state index in [-0.39, 0.29) is 0 Å². The predicted octanol–water partition coefficient (Wildman–Crippen LogP) is 5.95. The Bertz CT molecular complexity index is 282. The molecular weight excluding hydrogens is 232 g/mol. The second-order valence-corrected chi connectivity index (χ2v) is 8.56. The lowest BCUT2D eigenvalue weighted by atomic mass is 9.72. The van der Waals surface area contributed by atoms with Crippen LogP contribution in [0.1, 0.15) is 80.1 Å². The summed E-state index contributed by atoms with van der Waals surface area (Å²) in [6, 6.07) is 0. The summed E-state index contributed by atoms with van der Waals surface area (Å²) in [5.74, 6) is 1.85. The Labute approximate surface area is 120 Å². The smallest absolute Gasteiger partial charge is 0.0982 e. The van der Waals surface area contributed by atoms with Gasteiger partial charge in [-0.15, -0.1) is 0 Å². The van der Waals surface area contributed by atoms with E-state index in [1.807, 2.05) is 0 Å². The third-order valence-corrected chi connectivity index (χ3v) is 4.39. The van der Waals surface area contributed by atoms with E-state index in [0.717, 1.165) is 24.5 Å². The number of hydrogen-bond donors (Lipinski definition) is 0. The summed E-state index contributed by atoms with van der Waals surface area (Å²) >= 11 is 0. The van der Waals surface area contributed by atoms with Crippen molar-refractivity contribution in [3.05, 3.63) is 12.3 Å². The van der Waals surface area contributed by atoms with Crippen molar-refractivity contribution < 1.29 is 4.74 Å². The van der Waals surface area contributed by atoms with Gasteiger partial charge in [0.25, 0.3) is 0 Å². The standard InChI is InChI=1S/C18H34O/c1-14(12-13-17(2,3)4)19-16-10-8-15(9-11-16)18(5,6)7/h15-16H,1,8-13H2,2-7H3. The van der Waals surface area contributed by atoms with Crippen LogP contribution in [0.2, 0.25) is 0 Å². The Morgan fingerprint density at radius 1 is 1.00 bits per heavy atom. The molecule has 0 aromatic carbocycles. The summed E-state index contributed by atoms with van der Waals surface area (Å²) in [7, 11) is 0. The molecule has 19 heavy (non-hydrogen) atoms. The summed E-state index contributed by atoms with van der Waals surface area (Å²) in [4.78, 5) is 0. The molecule has 1 aliphatic rings. The van der Waals surface area contributed by atoms with Gasteiger partial charge >= 0.3 is 0 Å². The zero-order valence-corrected chi connectivity index (χ0v) is 14.0. The molecule has 0 saturated heterocycles. The van der Waals surface area contributed by atoms with Crippen LogP contribution in [-0.4, -0.2) is 6.10 Å². The van der Waals surface area contributed by atoms with Gasteiger partial charge in [-0.05, 0) is 48.9 Å². The fraction of sp³-hybridized carbons (Fsp3) is 0.889. The molecule has 0 bridgehead atoms. The molecule has 0 N–H and O–H groups in total. The van der Waals surface area contributed by atoms with E-state index in [2.05, 4.69) is 48.1 Å². The van der Waals surface area contributed by atoms with Crippen LogP contribution in [0, 0.1) is 16.7 Å². The van der Waals surface area contributed by atoms with Gasteiger partial charge in [0.15, 0.2) is 0 Å². The highest BCUT2D eigenvalue weighted by Gasteiger charge is 2.30. The second kappa shape index (κ2) is 6.33. The van der Waals surface area contributed by atoms with E-state index in [1.54, 1.807) is 0 Å². The zero-order valence-electron chi connectivity index (χ0n) is 14.0. The molecule has 0 radical (unpaired) electrons. The highest BCUT2D eigenvalue weighted by atomic mass is 16.5. The lowest BCUT2D eigenvalue weighted by Crippen LogP contribution is -2.29. The van der Waals surface area contributed by atoms with Gasteiger partial charge in [-0.3, -0.25) is 0 Å². The highest BCUT2D eigenvalue weighted by Crippen LogP contribution is 2.39. The van der Waals surface area contributed by atoms with Crippen molar-refractivity contribution >= 4 is 0 Å². The van der Waals surface area contributed by atoms with Crippen molar-refractivity contribution in [2.45, 2.75) is 86.2 Å². The number of hydrogen-bond acceptors (Lipinski definition) is 1. The minimum absolute atomic E-state index is 0.371. The summed E-state index contributed by atoms with van der Waals surface area (Å²) in [6.07, 6.45) is 7.60. The van der Waals surface area contributed by atoms with Crippen molar-refractivity contribution in [3.63, 3.8) is 0 Å². The lowest BCUT2D eigenvalue weighted by molar-refractivity contribution is 0.0391. The molecule has 0 atom stereocenters. The van der Waals surface area contributed by atoms with Crippen LogP contribution in [0.3, 0.4) is 0 Å². The number of allylic oxidation sites excluding steroid dienone is 1. The Morgan fingerprint density at radius 2 is 1.53 bits per heavy atom. The first kappa shape index (κ1) is 16.6.